The minimum absolute atomic E-state index is 0.0427. The van der Waals surface area contributed by atoms with E-state index in [0.717, 1.165) is 25.7 Å². The fourth-order valence-electron chi connectivity index (χ4n) is 3.12. The lowest BCUT2D eigenvalue weighted by molar-refractivity contribution is 0.0946. The highest BCUT2D eigenvalue weighted by atomic mass is 32.2. The number of amides is 2. The van der Waals surface area contributed by atoms with Crippen molar-refractivity contribution >= 4 is 33.2 Å². The van der Waals surface area contributed by atoms with Gasteiger partial charge in [-0.3, -0.25) is 15.0 Å². The SMILES string of the molecule is CNC(=O)c1ccc(S(=O)(=O)NNC(=O)c2cc3c(s2)CCCCCC3)cc1. The van der Waals surface area contributed by atoms with Crippen molar-refractivity contribution in [1.82, 2.24) is 15.6 Å². The van der Waals surface area contributed by atoms with Gasteiger partial charge in [0.15, 0.2) is 0 Å². The molecule has 1 aliphatic rings. The predicted octanol–water partition coefficient (Wildman–Crippen LogP) is 2.39. The van der Waals surface area contributed by atoms with Crippen molar-refractivity contribution in [2.24, 2.45) is 0 Å². The molecule has 0 saturated carbocycles. The van der Waals surface area contributed by atoms with E-state index in [1.54, 1.807) is 0 Å². The number of hydrogen-bond acceptors (Lipinski definition) is 5. The average molecular weight is 422 g/mol. The molecule has 7 nitrogen and oxygen atoms in total. The molecule has 0 atom stereocenters. The summed E-state index contributed by atoms with van der Waals surface area (Å²) in [4.78, 5) is 27.8. The van der Waals surface area contributed by atoms with Gasteiger partial charge in [0.05, 0.1) is 9.77 Å². The van der Waals surface area contributed by atoms with Crippen molar-refractivity contribution in [2.45, 2.75) is 43.4 Å². The number of carbonyl (C=O) groups excluding carboxylic acids is 2. The molecule has 9 heteroatoms. The maximum Gasteiger partial charge on any atom is 0.276 e. The Kier molecular flexibility index (Phi) is 6.48. The molecule has 1 heterocycles. The Balaban J connectivity index is 1.66. The molecule has 0 fully saturated rings. The summed E-state index contributed by atoms with van der Waals surface area (Å²) in [7, 11) is -2.44. The van der Waals surface area contributed by atoms with Gasteiger partial charge in [0.25, 0.3) is 21.8 Å². The molecular weight excluding hydrogens is 398 g/mol. The number of rotatable bonds is 5. The second-order valence-electron chi connectivity index (χ2n) is 6.64. The number of hydrogen-bond donors (Lipinski definition) is 3. The Morgan fingerprint density at radius 1 is 0.964 bits per heavy atom. The number of benzene rings is 1. The zero-order valence-electron chi connectivity index (χ0n) is 15.6. The van der Waals surface area contributed by atoms with E-state index in [1.807, 2.05) is 6.07 Å². The fraction of sp³-hybridized carbons (Fsp3) is 0.368. The van der Waals surface area contributed by atoms with Crippen molar-refractivity contribution in [2.75, 3.05) is 7.05 Å². The number of hydrazine groups is 1. The van der Waals surface area contributed by atoms with Crippen LogP contribution in [0.1, 0.15) is 56.2 Å². The van der Waals surface area contributed by atoms with Crippen molar-refractivity contribution in [1.29, 1.82) is 0 Å². The summed E-state index contributed by atoms with van der Waals surface area (Å²) in [6.45, 7) is 0. The number of aryl methyl sites for hydroxylation is 2. The summed E-state index contributed by atoms with van der Waals surface area (Å²) in [5.74, 6) is -0.777. The molecule has 1 aliphatic carbocycles. The molecule has 0 aliphatic heterocycles. The minimum atomic E-state index is -3.94. The summed E-state index contributed by atoms with van der Waals surface area (Å²) in [6.07, 6.45) is 6.57. The normalized spacial score (nSPS) is 14.5. The number of nitrogens with one attached hydrogen (secondary N) is 3. The Labute approximate surface area is 168 Å². The average Bonchev–Trinajstić information content (AvgIpc) is 3.07. The zero-order chi connectivity index (χ0) is 20.1. The molecule has 0 radical (unpaired) electrons. The van der Waals surface area contributed by atoms with Crippen LogP contribution in [0.3, 0.4) is 0 Å². The highest BCUT2D eigenvalue weighted by Crippen LogP contribution is 2.28. The van der Waals surface area contributed by atoms with Crippen molar-refractivity contribution < 1.29 is 18.0 Å². The molecule has 1 aromatic heterocycles. The lowest BCUT2D eigenvalue weighted by Crippen LogP contribution is -2.41. The van der Waals surface area contributed by atoms with E-state index in [4.69, 9.17) is 0 Å². The van der Waals surface area contributed by atoms with E-state index in [-0.39, 0.29) is 10.8 Å². The quantitative estimate of drug-likeness (QED) is 0.645. The zero-order valence-corrected chi connectivity index (χ0v) is 17.2. The van der Waals surface area contributed by atoms with Crippen LogP contribution in [0.4, 0.5) is 0 Å². The van der Waals surface area contributed by atoms with Gasteiger partial charge in [-0.1, -0.05) is 12.8 Å². The standard InChI is InChI=1S/C19H23N3O4S2/c1-20-18(23)13-8-10-15(11-9-13)28(25,26)22-21-19(24)17-12-14-6-4-2-3-5-7-16(14)27-17/h8-12,22H,2-7H2,1H3,(H,20,23)(H,21,24). The molecule has 2 amide bonds. The number of thiophene rings is 1. The van der Waals surface area contributed by atoms with Crippen LogP contribution in [-0.4, -0.2) is 27.3 Å². The van der Waals surface area contributed by atoms with Gasteiger partial charge in [-0.15, -0.1) is 16.2 Å². The number of sulfonamides is 1. The highest BCUT2D eigenvalue weighted by molar-refractivity contribution is 7.89. The molecule has 2 aromatic rings. The van der Waals surface area contributed by atoms with Gasteiger partial charge in [-0.2, -0.15) is 0 Å². The monoisotopic (exact) mass is 421 g/mol. The van der Waals surface area contributed by atoms with E-state index in [2.05, 4.69) is 15.6 Å². The van der Waals surface area contributed by atoms with E-state index in [1.165, 1.54) is 65.9 Å². The van der Waals surface area contributed by atoms with E-state index in [0.29, 0.717) is 10.4 Å². The van der Waals surface area contributed by atoms with Gasteiger partial charge in [0, 0.05) is 17.5 Å². The van der Waals surface area contributed by atoms with E-state index in [9.17, 15) is 18.0 Å². The third-order valence-electron chi connectivity index (χ3n) is 4.67. The third-order valence-corrected chi connectivity index (χ3v) is 7.17. The van der Waals surface area contributed by atoms with Gasteiger partial charge >= 0.3 is 0 Å². The predicted molar refractivity (Wildman–Crippen MR) is 108 cm³/mol. The second kappa shape index (κ2) is 8.85. The Morgan fingerprint density at radius 3 is 2.32 bits per heavy atom. The summed E-state index contributed by atoms with van der Waals surface area (Å²) in [5, 5.41) is 2.47. The minimum Gasteiger partial charge on any atom is -0.355 e. The molecule has 0 bridgehead atoms. The van der Waals surface area contributed by atoms with Crippen LogP contribution in [0.2, 0.25) is 0 Å². The van der Waals surface area contributed by atoms with Crippen LogP contribution in [0, 0.1) is 0 Å². The number of carbonyl (C=O) groups is 2. The lowest BCUT2D eigenvalue weighted by Gasteiger charge is -2.08. The first-order chi connectivity index (χ1) is 13.4. The largest absolute Gasteiger partial charge is 0.355 e. The number of fused-ring (bicyclic) bond motifs is 1. The maximum absolute atomic E-state index is 12.4. The topological polar surface area (TPSA) is 104 Å². The first-order valence-electron chi connectivity index (χ1n) is 9.16. The summed E-state index contributed by atoms with van der Waals surface area (Å²) < 4.78 is 24.8. The van der Waals surface area contributed by atoms with Crippen LogP contribution in [0.5, 0.6) is 0 Å². The Bertz CT molecular complexity index is 940. The van der Waals surface area contributed by atoms with E-state index < -0.39 is 15.9 Å². The molecule has 150 valence electrons. The van der Waals surface area contributed by atoms with Crippen molar-refractivity contribution in [3.8, 4) is 0 Å². The van der Waals surface area contributed by atoms with Crippen LogP contribution < -0.4 is 15.6 Å². The summed E-state index contributed by atoms with van der Waals surface area (Å²) >= 11 is 1.43. The Hall–Kier alpha value is -2.23. The maximum atomic E-state index is 12.4. The third kappa shape index (κ3) is 4.78. The molecule has 3 rings (SSSR count). The first-order valence-corrected chi connectivity index (χ1v) is 11.5. The van der Waals surface area contributed by atoms with Gasteiger partial charge in [-0.25, -0.2) is 8.42 Å². The molecule has 28 heavy (non-hydrogen) atoms. The molecule has 0 saturated heterocycles. The van der Waals surface area contributed by atoms with Gasteiger partial charge in [0.1, 0.15) is 0 Å². The molecule has 0 unspecified atom stereocenters. The highest BCUT2D eigenvalue weighted by Gasteiger charge is 2.19. The van der Waals surface area contributed by atoms with Crippen LogP contribution in [0.25, 0.3) is 0 Å². The van der Waals surface area contributed by atoms with Crippen LogP contribution in [0.15, 0.2) is 35.2 Å². The van der Waals surface area contributed by atoms with Crippen LogP contribution >= 0.6 is 11.3 Å². The smallest absolute Gasteiger partial charge is 0.276 e. The lowest BCUT2D eigenvalue weighted by atomic mass is 10.00. The van der Waals surface area contributed by atoms with E-state index >= 15 is 0 Å². The molecular formula is C19H23N3O4S2. The molecule has 3 N–H and O–H groups in total. The molecule has 0 spiro atoms. The van der Waals surface area contributed by atoms with Gasteiger partial charge in [0.2, 0.25) is 0 Å². The Morgan fingerprint density at radius 2 is 1.64 bits per heavy atom. The summed E-state index contributed by atoms with van der Waals surface area (Å²) in [5.41, 5.74) is 3.83. The molecule has 1 aromatic carbocycles. The summed E-state index contributed by atoms with van der Waals surface area (Å²) in [6, 6.07) is 7.32. The first kappa shape index (κ1) is 20.5. The van der Waals surface area contributed by atoms with Gasteiger partial charge in [-0.05, 0) is 61.6 Å². The van der Waals surface area contributed by atoms with Crippen LogP contribution in [-0.2, 0) is 22.9 Å². The van der Waals surface area contributed by atoms with Gasteiger partial charge < -0.3 is 5.32 Å². The second-order valence-corrected chi connectivity index (χ2v) is 9.46. The fourth-order valence-corrected chi connectivity index (χ4v) is 5.11. The van der Waals surface area contributed by atoms with Crippen molar-refractivity contribution in [3.05, 3.63) is 51.2 Å². The van der Waals surface area contributed by atoms with Crippen molar-refractivity contribution in [3.63, 3.8) is 0 Å².